The molecule has 0 aliphatic rings. The third-order valence-electron chi connectivity index (χ3n) is 4.07. The van der Waals surface area contributed by atoms with Gasteiger partial charge >= 0.3 is 5.97 Å². The number of aromatic nitrogens is 4. The van der Waals surface area contributed by atoms with Gasteiger partial charge in [0.2, 0.25) is 5.91 Å². The van der Waals surface area contributed by atoms with Crippen LogP contribution in [0.4, 0.5) is 5.82 Å². The highest BCUT2D eigenvalue weighted by Gasteiger charge is 2.12. The van der Waals surface area contributed by atoms with E-state index in [2.05, 4.69) is 15.5 Å². The van der Waals surface area contributed by atoms with Crippen LogP contribution >= 0.6 is 23.2 Å². The summed E-state index contributed by atoms with van der Waals surface area (Å²) < 4.78 is 3.11. The first-order valence-electron chi connectivity index (χ1n) is 8.36. The Morgan fingerprint density at radius 2 is 1.96 bits per heavy atom. The van der Waals surface area contributed by atoms with Crippen LogP contribution in [-0.2, 0) is 17.9 Å². The molecule has 0 saturated carbocycles. The summed E-state index contributed by atoms with van der Waals surface area (Å²) in [5.41, 5.74) is 1.67. The zero-order valence-electron chi connectivity index (χ0n) is 14.9. The number of amides is 1. The van der Waals surface area contributed by atoms with Gasteiger partial charge in [0.15, 0.2) is 5.82 Å². The summed E-state index contributed by atoms with van der Waals surface area (Å²) in [6.07, 6.45) is 2.75. The van der Waals surface area contributed by atoms with Crippen molar-refractivity contribution in [3.63, 3.8) is 0 Å². The van der Waals surface area contributed by atoms with Gasteiger partial charge in [0, 0.05) is 46.5 Å². The molecule has 1 amide bonds. The zero-order chi connectivity index (χ0) is 20.3. The van der Waals surface area contributed by atoms with Crippen molar-refractivity contribution in [3.8, 4) is 0 Å². The zero-order valence-corrected chi connectivity index (χ0v) is 16.4. The van der Waals surface area contributed by atoms with Gasteiger partial charge in [-0.1, -0.05) is 29.3 Å². The maximum Gasteiger partial charge on any atom is 0.338 e. The number of benzene rings is 1. The molecule has 2 aromatic heterocycles. The lowest BCUT2D eigenvalue weighted by Crippen LogP contribution is -2.15. The number of carboxylic acid groups (broad SMARTS) is 1. The number of rotatable bonds is 7. The molecule has 0 fully saturated rings. The van der Waals surface area contributed by atoms with Gasteiger partial charge in [-0.25, -0.2) is 4.79 Å². The molecule has 0 aliphatic heterocycles. The average molecular weight is 422 g/mol. The monoisotopic (exact) mass is 421 g/mol. The summed E-state index contributed by atoms with van der Waals surface area (Å²) in [5.74, 6) is -0.902. The number of aryl methyl sites for hydroxylation is 2. The fraction of sp³-hybridized carbons (Fsp3) is 0.222. The molecule has 0 aliphatic carbocycles. The first-order valence-corrected chi connectivity index (χ1v) is 9.12. The third-order valence-corrected chi connectivity index (χ3v) is 4.77. The van der Waals surface area contributed by atoms with E-state index in [9.17, 15) is 9.59 Å². The summed E-state index contributed by atoms with van der Waals surface area (Å²) >= 11 is 12.4. The molecular formula is C18H17Cl2N5O3. The Bertz CT molecular complexity index is 1010. The second kappa shape index (κ2) is 8.45. The highest BCUT2D eigenvalue weighted by atomic mass is 35.5. The van der Waals surface area contributed by atoms with Crippen LogP contribution in [-0.4, -0.2) is 36.5 Å². The van der Waals surface area contributed by atoms with E-state index in [-0.39, 0.29) is 24.4 Å². The molecule has 28 heavy (non-hydrogen) atoms. The van der Waals surface area contributed by atoms with Gasteiger partial charge in [-0.15, -0.1) is 0 Å². The van der Waals surface area contributed by atoms with Gasteiger partial charge in [-0.05, 0) is 19.1 Å². The minimum absolute atomic E-state index is 0.0769. The molecule has 1 aromatic carbocycles. The van der Waals surface area contributed by atoms with Crippen molar-refractivity contribution in [2.24, 2.45) is 0 Å². The van der Waals surface area contributed by atoms with Crippen molar-refractivity contribution in [1.29, 1.82) is 0 Å². The largest absolute Gasteiger partial charge is 0.478 e. The lowest BCUT2D eigenvalue weighted by atomic mass is 10.2. The predicted octanol–water partition coefficient (Wildman–Crippen LogP) is 3.47. The van der Waals surface area contributed by atoms with E-state index in [1.54, 1.807) is 28.9 Å². The molecular weight excluding hydrogens is 405 g/mol. The van der Waals surface area contributed by atoms with Crippen molar-refractivity contribution in [2.75, 3.05) is 5.32 Å². The van der Waals surface area contributed by atoms with Crippen LogP contribution in [0.1, 0.15) is 28.0 Å². The standard InChI is InChI=1S/C18H17Cl2N5O3/c1-11-7-16(23-25(11)10-13-14(19)3-2-4-15(13)20)22-17(26)5-6-24-9-12(8-21-24)18(27)28/h2-4,7-9H,5-6,10H2,1H3,(H,27,28)(H,22,23,26). The topological polar surface area (TPSA) is 102 Å². The number of carboxylic acids is 1. The van der Waals surface area contributed by atoms with E-state index < -0.39 is 5.97 Å². The van der Waals surface area contributed by atoms with Crippen molar-refractivity contribution in [3.05, 3.63) is 63.5 Å². The molecule has 0 saturated heterocycles. The smallest absolute Gasteiger partial charge is 0.338 e. The maximum absolute atomic E-state index is 12.2. The number of hydrogen-bond donors (Lipinski definition) is 2. The number of anilines is 1. The van der Waals surface area contributed by atoms with Gasteiger partial charge in [-0.3, -0.25) is 14.2 Å². The van der Waals surface area contributed by atoms with E-state index >= 15 is 0 Å². The molecule has 0 radical (unpaired) electrons. The Morgan fingerprint density at radius 3 is 2.61 bits per heavy atom. The highest BCUT2D eigenvalue weighted by Crippen LogP contribution is 2.25. The minimum Gasteiger partial charge on any atom is -0.478 e. The normalized spacial score (nSPS) is 10.8. The SMILES string of the molecule is Cc1cc(NC(=O)CCn2cc(C(=O)O)cn2)nn1Cc1c(Cl)cccc1Cl. The van der Waals surface area contributed by atoms with Crippen LogP contribution < -0.4 is 5.32 Å². The van der Waals surface area contributed by atoms with E-state index in [4.69, 9.17) is 28.3 Å². The molecule has 0 bridgehead atoms. The van der Waals surface area contributed by atoms with Crippen molar-refractivity contribution in [1.82, 2.24) is 19.6 Å². The van der Waals surface area contributed by atoms with Crippen LogP contribution in [0.3, 0.4) is 0 Å². The Labute approximate surface area is 170 Å². The second-order valence-corrected chi connectivity index (χ2v) is 6.94. The number of nitrogens with one attached hydrogen (secondary N) is 1. The summed E-state index contributed by atoms with van der Waals surface area (Å²) in [6, 6.07) is 7.04. The van der Waals surface area contributed by atoms with Gasteiger partial charge in [0.05, 0.1) is 18.3 Å². The molecule has 2 heterocycles. The van der Waals surface area contributed by atoms with E-state index in [0.29, 0.717) is 22.4 Å². The fourth-order valence-electron chi connectivity index (χ4n) is 2.58. The maximum atomic E-state index is 12.2. The van der Waals surface area contributed by atoms with Gasteiger partial charge in [0.25, 0.3) is 0 Å². The number of halogens is 2. The van der Waals surface area contributed by atoms with Gasteiger partial charge in [0.1, 0.15) is 0 Å². The van der Waals surface area contributed by atoms with E-state index in [1.807, 2.05) is 6.92 Å². The van der Waals surface area contributed by atoms with Crippen molar-refractivity contribution >= 4 is 40.9 Å². The number of carbonyl (C=O) groups is 2. The molecule has 0 atom stereocenters. The Kier molecular flexibility index (Phi) is 6.01. The lowest BCUT2D eigenvalue weighted by Gasteiger charge is -2.08. The number of hydrogen-bond acceptors (Lipinski definition) is 4. The molecule has 146 valence electrons. The summed E-state index contributed by atoms with van der Waals surface area (Å²) in [7, 11) is 0. The van der Waals surface area contributed by atoms with Crippen LogP contribution in [0.25, 0.3) is 0 Å². The van der Waals surface area contributed by atoms with Crippen LogP contribution in [0.5, 0.6) is 0 Å². The van der Waals surface area contributed by atoms with Crippen LogP contribution in [0, 0.1) is 6.92 Å². The van der Waals surface area contributed by atoms with Crippen molar-refractivity contribution in [2.45, 2.75) is 26.4 Å². The fourth-order valence-corrected chi connectivity index (χ4v) is 3.10. The van der Waals surface area contributed by atoms with Crippen molar-refractivity contribution < 1.29 is 14.7 Å². The molecule has 0 unspecified atom stereocenters. The van der Waals surface area contributed by atoms with E-state index in [1.165, 1.54) is 17.1 Å². The summed E-state index contributed by atoms with van der Waals surface area (Å²) in [5, 5.41) is 21.0. The Balaban J connectivity index is 1.61. The highest BCUT2D eigenvalue weighted by molar-refractivity contribution is 6.35. The van der Waals surface area contributed by atoms with Gasteiger partial charge < -0.3 is 10.4 Å². The Morgan fingerprint density at radius 1 is 1.25 bits per heavy atom. The molecule has 8 nitrogen and oxygen atoms in total. The molecule has 10 heteroatoms. The van der Waals surface area contributed by atoms with E-state index in [0.717, 1.165) is 11.3 Å². The molecule has 3 aromatic rings. The lowest BCUT2D eigenvalue weighted by molar-refractivity contribution is -0.116. The first-order chi connectivity index (χ1) is 13.3. The Hall–Kier alpha value is -2.84. The van der Waals surface area contributed by atoms with Crippen LogP contribution in [0.15, 0.2) is 36.7 Å². The van der Waals surface area contributed by atoms with Gasteiger partial charge in [-0.2, -0.15) is 10.2 Å². The summed E-state index contributed by atoms with van der Waals surface area (Å²) in [4.78, 5) is 23.0. The average Bonchev–Trinajstić information content (AvgIpc) is 3.23. The quantitative estimate of drug-likeness (QED) is 0.607. The second-order valence-electron chi connectivity index (χ2n) is 6.12. The first kappa shape index (κ1) is 19.9. The van der Waals surface area contributed by atoms with Crippen LogP contribution in [0.2, 0.25) is 10.0 Å². The predicted molar refractivity (Wildman–Crippen MR) is 105 cm³/mol. The summed E-state index contributed by atoms with van der Waals surface area (Å²) in [6.45, 7) is 2.50. The number of carbonyl (C=O) groups excluding carboxylic acids is 1. The third kappa shape index (κ3) is 4.71. The molecule has 2 N–H and O–H groups in total. The molecule has 3 rings (SSSR count). The number of aromatic carboxylic acids is 1. The molecule has 0 spiro atoms. The minimum atomic E-state index is -1.06. The number of nitrogens with zero attached hydrogens (tertiary/aromatic N) is 4.